The Balaban J connectivity index is 1.59. The van der Waals surface area contributed by atoms with Gasteiger partial charge in [0.2, 0.25) is 5.91 Å². The maximum atomic E-state index is 12.9. The van der Waals surface area contributed by atoms with Crippen LogP contribution in [0.25, 0.3) is 22.0 Å². The average Bonchev–Trinajstić information content (AvgIpc) is 2.75. The Morgan fingerprint density at radius 2 is 1.56 bits per heavy atom. The zero-order valence-electron chi connectivity index (χ0n) is 18.1. The molecular formula is C19H11B8N5O2. The van der Waals surface area contributed by atoms with E-state index in [4.69, 9.17) is 67.5 Å². The van der Waals surface area contributed by atoms with Crippen molar-refractivity contribution in [2.45, 2.75) is 21.5 Å². The second-order valence-corrected chi connectivity index (χ2v) is 8.20. The van der Waals surface area contributed by atoms with E-state index in [-0.39, 0.29) is 5.82 Å². The maximum Gasteiger partial charge on any atom is 0.239 e. The molecule has 15 heteroatoms. The van der Waals surface area contributed by atoms with E-state index in [0.29, 0.717) is 5.69 Å². The van der Waals surface area contributed by atoms with Crippen LogP contribution in [0.15, 0.2) is 49.1 Å². The highest BCUT2D eigenvalue weighted by Crippen LogP contribution is 2.39. The van der Waals surface area contributed by atoms with Crippen LogP contribution in [0.5, 0.6) is 0 Å². The lowest BCUT2D eigenvalue weighted by Crippen LogP contribution is -2.86. The number of pyridine rings is 3. The molecule has 3 aromatic rings. The van der Waals surface area contributed by atoms with Crippen molar-refractivity contribution in [2.24, 2.45) is 0 Å². The highest BCUT2D eigenvalue weighted by Gasteiger charge is 2.57. The van der Waals surface area contributed by atoms with E-state index in [1.54, 1.807) is 30.9 Å². The maximum absolute atomic E-state index is 12.9. The number of amides is 1. The number of fused-ring (bicyclic) bond motifs is 1. The molecule has 1 aliphatic heterocycles. The van der Waals surface area contributed by atoms with Crippen LogP contribution >= 0.6 is 0 Å². The lowest BCUT2D eigenvalue weighted by molar-refractivity contribution is -0.131. The predicted molar refractivity (Wildman–Crippen MR) is 136 cm³/mol. The van der Waals surface area contributed by atoms with Gasteiger partial charge < -0.3 is 15.0 Å². The number of carbonyl (C=O) groups is 1. The third-order valence-corrected chi connectivity index (χ3v) is 5.61. The Hall–Kier alpha value is -2.38. The van der Waals surface area contributed by atoms with Crippen LogP contribution in [0.3, 0.4) is 0 Å². The Kier molecular flexibility index (Phi) is 6.10. The molecule has 34 heavy (non-hydrogen) atoms. The van der Waals surface area contributed by atoms with Crippen molar-refractivity contribution < 1.29 is 9.53 Å². The molecule has 1 aliphatic rings. The smallest absolute Gasteiger partial charge is 0.239 e. The molecule has 1 amide bonds. The van der Waals surface area contributed by atoms with Crippen LogP contribution in [0.2, 0.25) is 0 Å². The lowest BCUT2D eigenvalue weighted by atomic mass is 9.30. The predicted octanol–water partition coefficient (Wildman–Crippen LogP) is -2.07. The van der Waals surface area contributed by atoms with Crippen molar-refractivity contribution in [3.63, 3.8) is 0 Å². The molecule has 0 saturated carbocycles. The summed E-state index contributed by atoms with van der Waals surface area (Å²) in [6.45, 7) is -0.591. The largest absolute Gasteiger partial charge is 0.406 e. The molecule has 0 atom stereocenters. The molecule has 1 fully saturated rings. The number of rotatable bonds is 4. The lowest BCUT2D eigenvalue weighted by Gasteiger charge is -2.70. The summed E-state index contributed by atoms with van der Waals surface area (Å²) >= 11 is 0. The first kappa shape index (κ1) is 24.7. The molecule has 148 valence electrons. The van der Waals surface area contributed by atoms with Crippen LogP contribution in [0.1, 0.15) is 0 Å². The Morgan fingerprint density at radius 1 is 0.912 bits per heavy atom. The Labute approximate surface area is 208 Å². The molecule has 0 aromatic carbocycles. The van der Waals surface area contributed by atoms with Gasteiger partial charge in [0.05, 0.1) is 75.0 Å². The fourth-order valence-corrected chi connectivity index (χ4v) is 3.54. The minimum atomic E-state index is -2.30. The van der Waals surface area contributed by atoms with Crippen molar-refractivity contribution in [1.29, 1.82) is 0 Å². The van der Waals surface area contributed by atoms with Crippen molar-refractivity contribution >= 4 is 85.3 Å². The number of hydrogen-bond acceptors (Lipinski definition) is 6. The summed E-state index contributed by atoms with van der Waals surface area (Å²) in [7, 11) is 47.5. The van der Waals surface area contributed by atoms with Gasteiger partial charge in [0.25, 0.3) is 0 Å². The summed E-state index contributed by atoms with van der Waals surface area (Å²) in [6.07, 6.45) is 6.59. The number of nitrogens with zero attached hydrogens (tertiary/aromatic N) is 4. The molecule has 0 spiro atoms. The van der Waals surface area contributed by atoms with E-state index in [0.717, 1.165) is 21.2 Å². The number of aromatic nitrogens is 3. The van der Waals surface area contributed by atoms with Crippen molar-refractivity contribution in [3.05, 3.63) is 49.1 Å². The van der Waals surface area contributed by atoms with Crippen molar-refractivity contribution in [1.82, 2.24) is 19.9 Å². The summed E-state index contributed by atoms with van der Waals surface area (Å²) in [6, 6.07) is 7.20. The molecule has 4 rings (SSSR count). The number of ether oxygens (including phenoxy) is 1. The van der Waals surface area contributed by atoms with Crippen LogP contribution in [-0.4, -0.2) is 117 Å². The highest BCUT2D eigenvalue weighted by molar-refractivity contribution is 6.59. The van der Waals surface area contributed by atoms with Crippen LogP contribution in [-0.2, 0) is 9.53 Å². The van der Waals surface area contributed by atoms with E-state index in [1.807, 2.05) is 18.2 Å². The van der Waals surface area contributed by atoms with E-state index in [9.17, 15) is 4.79 Å². The topological polar surface area (TPSA) is 80.2 Å². The second kappa shape index (κ2) is 8.38. The normalized spacial score (nSPS) is 20.5. The van der Waals surface area contributed by atoms with Gasteiger partial charge in [0.15, 0.2) is 0 Å². The molecule has 0 aliphatic carbocycles. The second-order valence-electron chi connectivity index (χ2n) is 8.20. The highest BCUT2D eigenvalue weighted by atomic mass is 16.5. The molecule has 1 N–H and O–H groups in total. The number of anilines is 1. The number of hydrogen-bond donors (Lipinski definition) is 1. The number of carbonyl (C=O) groups excluding carboxylic acids is 1. The SMILES string of the molecule is [B]C1([B])OC([B])([B])C([B])([B])N(CC(=O)Nc2cc3cc(-c4cccnc4)ncc3cn2)C1([B])[B]. The van der Waals surface area contributed by atoms with Gasteiger partial charge in [-0.05, 0) is 51.1 Å². The number of morpholine rings is 1. The summed E-state index contributed by atoms with van der Waals surface area (Å²) in [5, 5.41) is -4.89. The van der Waals surface area contributed by atoms with Gasteiger partial charge in [-0.15, -0.1) is 0 Å². The van der Waals surface area contributed by atoms with Crippen LogP contribution in [0.4, 0.5) is 5.82 Å². The quantitative estimate of drug-likeness (QED) is 0.482. The molecule has 7 nitrogen and oxygen atoms in total. The van der Waals surface area contributed by atoms with Gasteiger partial charge in [-0.1, -0.05) is 0 Å². The van der Waals surface area contributed by atoms with Gasteiger partial charge in [0, 0.05) is 35.7 Å². The van der Waals surface area contributed by atoms with Gasteiger partial charge >= 0.3 is 0 Å². The van der Waals surface area contributed by atoms with E-state index in [2.05, 4.69) is 20.3 Å². The van der Waals surface area contributed by atoms with Crippen molar-refractivity contribution in [2.75, 3.05) is 11.9 Å². The first-order valence-electron chi connectivity index (χ1n) is 9.99. The van der Waals surface area contributed by atoms with E-state index >= 15 is 0 Å². The minimum absolute atomic E-state index is 0.229. The zero-order chi connectivity index (χ0) is 24.9. The molecule has 0 bridgehead atoms. The standard InChI is InChI=1S/C19H11B8N5O2/c20-16(21)18(24,25)34-19(26,27)17(22,23)32(16)9-15(33)31-14-5-11-4-13(10-2-1-3-28-6-10)29-7-12(11)8-30-14/h1-8H,9H2,(H,30,31,33). The summed E-state index contributed by atoms with van der Waals surface area (Å²) in [5.74, 6) is -0.422. The van der Waals surface area contributed by atoms with Gasteiger partial charge in [-0.3, -0.25) is 14.8 Å². The molecule has 16 radical (unpaired) electrons. The van der Waals surface area contributed by atoms with Gasteiger partial charge in [-0.2, -0.15) is 0 Å². The first-order chi connectivity index (χ1) is 15.7. The molecule has 3 aromatic heterocycles. The molecule has 4 heterocycles. The van der Waals surface area contributed by atoms with E-state index < -0.39 is 33.9 Å². The van der Waals surface area contributed by atoms with Gasteiger partial charge in [0.1, 0.15) is 5.82 Å². The summed E-state index contributed by atoms with van der Waals surface area (Å²) < 4.78 is 5.13. The summed E-state index contributed by atoms with van der Waals surface area (Å²) in [4.78, 5) is 26.5. The Bertz CT molecular complexity index is 1220. The monoisotopic (exact) mass is 429 g/mol. The van der Waals surface area contributed by atoms with Crippen molar-refractivity contribution in [3.8, 4) is 11.3 Å². The molecule has 0 unspecified atom stereocenters. The van der Waals surface area contributed by atoms with Crippen LogP contribution in [0, 0.1) is 0 Å². The molecule has 1 saturated heterocycles. The first-order valence-corrected chi connectivity index (χ1v) is 9.99. The average molecular weight is 428 g/mol. The van der Waals surface area contributed by atoms with Crippen LogP contribution < -0.4 is 5.32 Å². The Morgan fingerprint density at radius 3 is 2.18 bits per heavy atom. The zero-order valence-corrected chi connectivity index (χ0v) is 18.1. The fourth-order valence-electron chi connectivity index (χ4n) is 3.54. The van der Waals surface area contributed by atoms with Gasteiger partial charge in [-0.25, -0.2) is 4.98 Å². The molecular weight excluding hydrogens is 417 g/mol. The minimum Gasteiger partial charge on any atom is -0.406 e. The number of nitrogens with one attached hydrogen (secondary N) is 1. The van der Waals surface area contributed by atoms with E-state index in [1.165, 1.54) is 0 Å². The third-order valence-electron chi connectivity index (χ3n) is 5.61. The third kappa shape index (κ3) is 4.24. The fraction of sp³-hybridized carbons (Fsp3) is 0.263. The summed E-state index contributed by atoms with van der Waals surface area (Å²) in [5.41, 5.74) is 1.54.